The quantitative estimate of drug-likeness (QED) is 0.801. The van der Waals surface area contributed by atoms with Crippen LogP contribution in [0.5, 0.6) is 11.5 Å². The number of amides is 1. The molecule has 0 spiro atoms. The molecule has 5 nitrogen and oxygen atoms in total. The number of benzene rings is 2. The average molecular weight is 367 g/mol. The lowest BCUT2D eigenvalue weighted by Gasteiger charge is -2.16. The van der Waals surface area contributed by atoms with E-state index in [-0.39, 0.29) is 12.3 Å². The summed E-state index contributed by atoms with van der Waals surface area (Å²) in [5.41, 5.74) is 2.26. The van der Waals surface area contributed by atoms with Crippen molar-refractivity contribution in [2.45, 2.75) is 32.6 Å². The van der Waals surface area contributed by atoms with Crippen molar-refractivity contribution >= 4 is 11.9 Å². The average Bonchev–Trinajstić information content (AvgIpc) is 3.02. The fourth-order valence-electron chi connectivity index (χ4n) is 3.32. The number of ether oxygens (including phenoxy) is 1. The maximum absolute atomic E-state index is 11.9. The normalized spacial score (nSPS) is 16.8. The second kappa shape index (κ2) is 8.25. The van der Waals surface area contributed by atoms with Gasteiger partial charge in [0.2, 0.25) is 5.91 Å². The Bertz CT molecular complexity index is 813. The molecular weight excluding hydrogens is 342 g/mol. The molecule has 142 valence electrons. The van der Waals surface area contributed by atoms with Gasteiger partial charge in [-0.1, -0.05) is 44.2 Å². The zero-order valence-corrected chi connectivity index (χ0v) is 15.7. The Kier molecular flexibility index (Phi) is 5.79. The minimum absolute atomic E-state index is 0.0763. The number of nitrogens with zero attached hydrogens (tertiary/aromatic N) is 1. The minimum Gasteiger partial charge on any atom is -0.481 e. The van der Waals surface area contributed by atoms with Crippen molar-refractivity contribution in [2.75, 3.05) is 13.1 Å². The third-order valence-corrected chi connectivity index (χ3v) is 4.93. The van der Waals surface area contributed by atoms with Gasteiger partial charge in [-0.2, -0.15) is 0 Å². The SMILES string of the molecule is CC(C)c1ccccc1Oc1ccc(CCN2CC(C(=O)O)CC2=O)cc1. The Labute approximate surface area is 159 Å². The summed E-state index contributed by atoms with van der Waals surface area (Å²) >= 11 is 0. The summed E-state index contributed by atoms with van der Waals surface area (Å²) in [6.45, 7) is 5.13. The van der Waals surface area contributed by atoms with Gasteiger partial charge in [-0.3, -0.25) is 9.59 Å². The van der Waals surface area contributed by atoms with Crippen LogP contribution in [0, 0.1) is 5.92 Å². The highest BCUT2D eigenvalue weighted by atomic mass is 16.5. The van der Waals surface area contributed by atoms with Gasteiger partial charge in [0.05, 0.1) is 5.92 Å². The molecule has 1 amide bonds. The molecule has 1 heterocycles. The first-order valence-electron chi connectivity index (χ1n) is 9.30. The monoisotopic (exact) mass is 367 g/mol. The van der Waals surface area contributed by atoms with Gasteiger partial charge in [0.1, 0.15) is 11.5 Å². The molecule has 0 saturated carbocycles. The van der Waals surface area contributed by atoms with Crippen LogP contribution in [0.15, 0.2) is 48.5 Å². The number of carboxylic acid groups (broad SMARTS) is 1. The van der Waals surface area contributed by atoms with Crippen molar-refractivity contribution in [1.29, 1.82) is 0 Å². The number of rotatable bonds is 7. The molecule has 0 aromatic heterocycles. The first-order valence-corrected chi connectivity index (χ1v) is 9.30. The number of carboxylic acids is 1. The molecule has 0 aliphatic carbocycles. The van der Waals surface area contributed by atoms with Gasteiger partial charge in [0, 0.05) is 19.5 Å². The Morgan fingerprint density at radius 1 is 1.19 bits per heavy atom. The van der Waals surface area contributed by atoms with Gasteiger partial charge in [-0.05, 0) is 41.7 Å². The van der Waals surface area contributed by atoms with E-state index in [1.165, 1.54) is 5.56 Å². The van der Waals surface area contributed by atoms with Crippen LogP contribution in [0.2, 0.25) is 0 Å². The Morgan fingerprint density at radius 3 is 2.52 bits per heavy atom. The van der Waals surface area contributed by atoms with Gasteiger partial charge >= 0.3 is 5.97 Å². The van der Waals surface area contributed by atoms with Crippen LogP contribution in [-0.2, 0) is 16.0 Å². The summed E-state index contributed by atoms with van der Waals surface area (Å²) < 4.78 is 6.03. The molecule has 1 saturated heterocycles. The predicted octanol–water partition coefficient (Wildman–Crippen LogP) is 4.08. The van der Waals surface area contributed by atoms with Crippen LogP contribution in [0.25, 0.3) is 0 Å². The molecule has 0 radical (unpaired) electrons. The van der Waals surface area contributed by atoms with E-state index in [2.05, 4.69) is 19.9 Å². The van der Waals surface area contributed by atoms with E-state index >= 15 is 0 Å². The van der Waals surface area contributed by atoms with Gasteiger partial charge in [0.15, 0.2) is 0 Å². The molecule has 1 N–H and O–H groups in total. The van der Waals surface area contributed by atoms with Crippen LogP contribution < -0.4 is 4.74 Å². The number of carbonyl (C=O) groups excluding carboxylic acids is 1. The van der Waals surface area contributed by atoms with E-state index in [1.807, 2.05) is 42.5 Å². The first-order chi connectivity index (χ1) is 12.9. The zero-order valence-electron chi connectivity index (χ0n) is 15.7. The topological polar surface area (TPSA) is 66.8 Å². The lowest BCUT2D eigenvalue weighted by Crippen LogP contribution is -2.28. The van der Waals surface area contributed by atoms with E-state index in [4.69, 9.17) is 9.84 Å². The van der Waals surface area contributed by atoms with Crippen LogP contribution >= 0.6 is 0 Å². The lowest BCUT2D eigenvalue weighted by atomic mass is 10.0. The number of carbonyl (C=O) groups is 2. The van der Waals surface area contributed by atoms with E-state index in [0.717, 1.165) is 17.1 Å². The van der Waals surface area contributed by atoms with Crippen LogP contribution in [0.3, 0.4) is 0 Å². The largest absolute Gasteiger partial charge is 0.481 e. The zero-order chi connectivity index (χ0) is 19.4. The maximum atomic E-state index is 11.9. The molecule has 2 aromatic carbocycles. The highest BCUT2D eigenvalue weighted by Crippen LogP contribution is 2.30. The molecule has 2 aromatic rings. The number of hydrogen-bond acceptors (Lipinski definition) is 3. The molecule has 5 heteroatoms. The summed E-state index contributed by atoms with van der Waals surface area (Å²) in [6.07, 6.45) is 0.804. The third kappa shape index (κ3) is 4.67. The van der Waals surface area contributed by atoms with Crippen LogP contribution in [-0.4, -0.2) is 35.0 Å². The van der Waals surface area contributed by atoms with Crippen LogP contribution in [0.1, 0.15) is 37.3 Å². The molecule has 1 atom stereocenters. The molecule has 0 bridgehead atoms. The predicted molar refractivity (Wildman–Crippen MR) is 103 cm³/mol. The van der Waals surface area contributed by atoms with E-state index in [1.54, 1.807) is 4.90 Å². The van der Waals surface area contributed by atoms with Crippen molar-refractivity contribution < 1.29 is 19.4 Å². The van der Waals surface area contributed by atoms with E-state index in [9.17, 15) is 9.59 Å². The Hall–Kier alpha value is -2.82. The number of hydrogen-bond donors (Lipinski definition) is 1. The first kappa shape index (κ1) is 19.0. The van der Waals surface area contributed by atoms with Crippen molar-refractivity contribution in [3.8, 4) is 11.5 Å². The number of likely N-dealkylation sites (tertiary alicyclic amines) is 1. The fraction of sp³-hybridized carbons (Fsp3) is 0.364. The van der Waals surface area contributed by atoms with Crippen molar-refractivity contribution in [2.24, 2.45) is 5.92 Å². The van der Waals surface area contributed by atoms with Gasteiger partial charge in [-0.15, -0.1) is 0 Å². The van der Waals surface area contributed by atoms with Crippen molar-refractivity contribution in [3.63, 3.8) is 0 Å². The highest BCUT2D eigenvalue weighted by molar-refractivity contribution is 5.86. The second-order valence-corrected chi connectivity index (χ2v) is 7.27. The Balaban J connectivity index is 1.58. The van der Waals surface area contributed by atoms with E-state index in [0.29, 0.717) is 25.4 Å². The molecule has 27 heavy (non-hydrogen) atoms. The van der Waals surface area contributed by atoms with Crippen LogP contribution in [0.4, 0.5) is 0 Å². The summed E-state index contributed by atoms with van der Waals surface area (Å²) in [5.74, 6) is 0.474. The smallest absolute Gasteiger partial charge is 0.308 e. The molecular formula is C22H25NO4. The minimum atomic E-state index is -0.894. The van der Waals surface area contributed by atoms with Gasteiger partial charge in [0.25, 0.3) is 0 Å². The summed E-state index contributed by atoms with van der Waals surface area (Å²) in [4.78, 5) is 24.6. The van der Waals surface area contributed by atoms with Gasteiger partial charge in [-0.25, -0.2) is 0 Å². The number of para-hydroxylation sites is 1. The molecule has 1 fully saturated rings. The number of aliphatic carboxylic acids is 1. The lowest BCUT2D eigenvalue weighted by molar-refractivity contribution is -0.141. The van der Waals surface area contributed by atoms with Crippen molar-refractivity contribution in [1.82, 2.24) is 4.90 Å². The molecule has 1 unspecified atom stereocenters. The highest BCUT2D eigenvalue weighted by Gasteiger charge is 2.33. The summed E-state index contributed by atoms with van der Waals surface area (Å²) in [6, 6.07) is 15.9. The van der Waals surface area contributed by atoms with Crippen molar-refractivity contribution in [3.05, 3.63) is 59.7 Å². The van der Waals surface area contributed by atoms with E-state index < -0.39 is 11.9 Å². The maximum Gasteiger partial charge on any atom is 0.308 e. The molecule has 1 aliphatic heterocycles. The fourth-order valence-corrected chi connectivity index (χ4v) is 3.32. The van der Waals surface area contributed by atoms with Gasteiger partial charge < -0.3 is 14.7 Å². The summed E-state index contributed by atoms with van der Waals surface area (Å²) in [5, 5.41) is 9.05. The molecule has 1 aliphatic rings. The molecule has 3 rings (SSSR count). The summed E-state index contributed by atoms with van der Waals surface area (Å²) in [7, 11) is 0. The Morgan fingerprint density at radius 2 is 1.89 bits per heavy atom. The second-order valence-electron chi connectivity index (χ2n) is 7.27. The standard InChI is InChI=1S/C22H25NO4/c1-15(2)19-5-3-4-6-20(19)27-18-9-7-16(8-10-18)11-12-23-14-17(22(25)26)13-21(23)24/h3-10,15,17H,11-14H2,1-2H3,(H,25,26). The third-order valence-electron chi connectivity index (χ3n) is 4.93.